The number of amides is 2. The number of piperidine rings is 1. The molecule has 1 aliphatic carbocycles. The third-order valence-corrected chi connectivity index (χ3v) is 6.90. The zero-order valence-electron chi connectivity index (χ0n) is 17.9. The molecule has 0 unspecified atom stereocenters. The van der Waals surface area contributed by atoms with Crippen LogP contribution in [0.3, 0.4) is 0 Å². The number of hydrogen-bond donors (Lipinski definition) is 1. The van der Waals surface area contributed by atoms with Crippen LogP contribution in [0.4, 0.5) is 0 Å². The summed E-state index contributed by atoms with van der Waals surface area (Å²) in [6.07, 6.45) is 0.912. The maximum absolute atomic E-state index is 13.6. The third kappa shape index (κ3) is 2.24. The van der Waals surface area contributed by atoms with Gasteiger partial charge in [0.2, 0.25) is 5.75 Å². The first-order valence-corrected chi connectivity index (χ1v) is 10.4. The van der Waals surface area contributed by atoms with Crippen LogP contribution in [-0.2, 0) is 5.41 Å². The predicted molar refractivity (Wildman–Crippen MR) is 117 cm³/mol. The van der Waals surface area contributed by atoms with Crippen molar-refractivity contribution in [2.45, 2.75) is 11.8 Å². The molecule has 3 aliphatic rings. The molecular weight excluding hydrogens is 410 g/mol. The second kappa shape index (κ2) is 6.35. The van der Waals surface area contributed by atoms with Gasteiger partial charge in [-0.1, -0.05) is 18.2 Å². The Kier molecular flexibility index (Phi) is 3.75. The molecule has 2 aliphatic heterocycles. The molecule has 0 radical (unpaired) electrons. The van der Waals surface area contributed by atoms with Crippen molar-refractivity contribution < 1.29 is 23.8 Å². The SMILES string of the molecule is COc1cc2cc(C(=O)N3C[C@H]4C[C@@]45C3=NC(=O)c3ccccc35)[nH]c2c(OC)c1OC. The molecule has 8 nitrogen and oxygen atoms in total. The van der Waals surface area contributed by atoms with E-state index in [9.17, 15) is 9.59 Å². The number of benzene rings is 2. The normalized spacial score (nSPS) is 22.7. The number of carbonyl (C=O) groups is 2. The summed E-state index contributed by atoms with van der Waals surface area (Å²) < 4.78 is 16.4. The molecule has 1 saturated heterocycles. The first kappa shape index (κ1) is 18.9. The van der Waals surface area contributed by atoms with Gasteiger partial charge in [-0.15, -0.1) is 0 Å². The van der Waals surface area contributed by atoms with Crippen LogP contribution in [0.15, 0.2) is 41.4 Å². The number of nitrogens with one attached hydrogen (secondary N) is 1. The molecule has 3 heterocycles. The number of aliphatic imine (C=N–C) groups is 1. The topological polar surface area (TPSA) is 93.2 Å². The van der Waals surface area contributed by atoms with Gasteiger partial charge in [0.05, 0.1) is 32.3 Å². The van der Waals surface area contributed by atoms with Gasteiger partial charge in [0.1, 0.15) is 11.5 Å². The van der Waals surface area contributed by atoms with Gasteiger partial charge in [-0.2, -0.15) is 4.99 Å². The van der Waals surface area contributed by atoms with Crippen LogP contribution in [0, 0.1) is 5.92 Å². The Morgan fingerprint density at radius 1 is 1.12 bits per heavy atom. The van der Waals surface area contributed by atoms with Gasteiger partial charge in [-0.05, 0) is 36.1 Å². The number of rotatable bonds is 4. The summed E-state index contributed by atoms with van der Waals surface area (Å²) in [5.74, 6) is 1.74. The van der Waals surface area contributed by atoms with Gasteiger partial charge >= 0.3 is 0 Å². The van der Waals surface area contributed by atoms with Gasteiger partial charge in [-0.25, -0.2) is 0 Å². The van der Waals surface area contributed by atoms with Crippen LogP contribution in [0.5, 0.6) is 17.2 Å². The van der Waals surface area contributed by atoms with Crippen molar-refractivity contribution in [1.82, 2.24) is 9.88 Å². The monoisotopic (exact) mass is 431 g/mol. The molecule has 1 aromatic heterocycles. The van der Waals surface area contributed by atoms with Crippen molar-refractivity contribution in [1.29, 1.82) is 0 Å². The number of amidine groups is 1. The largest absolute Gasteiger partial charge is 0.493 e. The minimum absolute atomic E-state index is 0.223. The average molecular weight is 431 g/mol. The van der Waals surface area contributed by atoms with E-state index in [1.165, 1.54) is 14.2 Å². The minimum Gasteiger partial charge on any atom is -0.493 e. The van der Waals surface area contributed by atoms with Crippen LogP contribution < -0.4 is 14.2 Å². The molecule has 8 heteroatoms. The first-order chi connectivity index (χ1) is 15.5. The molecule has 32 heavy (non-hydrogen) atoms. The Labute approximate surface area is 183 Å². The average Bonchev–Trinajstić information content (AvgIpc) is 3.20. The fourth-order valence-electron chi connectivity index (χ4n) is 5.38. The van der Waals surface area contributed by atoms with Crippen molar-refractivity contribution in [3.63, 3.8) is 0 Å². The maximum atomic E-state index is 13.6. The zero-order chi connectivity index (χ0) is 22.2. The second-order valence-corrected chi connectivity index (χ2v) is 8.37. The maximum Gasteiger partial charge on any atom is 0.279 e. The first-order valence-electron chi connectivity index (χ1n) is 10.4. The van der Waals surface area contributed by atoms with Crippen molar-refractivity contribution in [3.8, 4) is 17.2 Å². The van der Waals surface area contributed by atoms with Crippen molar-refractivity contribution in [3.05, 3.63) is 53.2 Å². The number of ether oxygens (including phenoxy) is 3. The highest BCUT2D eigenvalue weighted by molar-refractivity contribution is 6.20. The fourth-order valence-corrected chi connectivity index (χ4v) is 5.38. The molecule has 2 atom stereocenters. The molecule has 3 aromatic rings. The lowest BCUT2D eigenvalue weighted by Crippen LogP contribution is -2.41. The second-order valence-electron chi connectivity index (χ2n) is 8.37. The smallest absolute Gasteiger partial charge is 0.279 e. The highest BCUT2D eigenvalue weighted by Crippen LogP contribution is 2.62. The molecular formula is C24H21N3O5. The van der Waals surface area contributed by atoms with E-state index in [0.29, 0.717) is 46.4 Å². The molecule has 1 N–H and O–H groups in total. The Bertz CT molecular complexity index is 1360. The zero-order valence-corrected chi connectivity index (χ0v) is 17.9. The van der Waals surface area contributed by atoms with Gasteiger partial charge in [0.25, 0.3) is 11.8 Å². The van der Waals surface area contributed by atoms with Crippen LogP contribution in [-0.4, -0.2) is 55.4 Å². The lowest BCUT2D eigenvalue weighted by atomic mass is 9.87. The number of hydrogen-bond acceptors (Lipinski definition) is 5. The number of likely N-dealkylation sites (tertiary alicyclic amines) is 1. The van der Waals surface area contributed by atoms with E-state index in [-0.39, 0.29) is 23.1 Å². The number of H-pyrrole nitrogens is 1. The molecule has 0 bridgehead atoms. The Balaban J connectivity index is 1.43. The fraction of sp³-hybridized carbons (Fsp3) is 0.292. The Morgan fingerprint density at radius 2 is 1.91 bits per heavy atom. The van der Waals surface area contributed by atoms with Crippen LogP contribution in [0.2, 0.25) is 0 Å². The summed E-state index contributed by atoms with van der Waals surface area (Å²) in [5.41, 5.74) is 2.33. The molecule has 6 rings (SSSR count). The Hall–Kier alpha value is -3.81. The minimum atomic E-state index is -0.323. The predicted octanol–water partition coefficient (Wildman–Crippen LogP) is 3.16. The molecule has 1 saturated carbocycles. The van der Waals surface area contributed by atoms with E-state index in [4.69, 9.17) is 14.2 Å². The van der Waals surface area contributed by atoms with Crippen molar-refractivity contribution >= 4 is 28.6 Å². The lowest BCUT2D eigenvalue weighted by Gasteiger charge is -2.27. The van der Waals surface area contributed by atoms with Crippen molar-refractivity contribution in [2.75, 3.05) is 27.9 Å². The molecule has 2 amide bonds. The van der Waals surface area contributed by atoms with E-state index in [0.717, 1.165) is 17.4 Å². The van der Waals surface area contributed by atoms with E-state index in [1.54, 1.807) is 24.1 Å². The molecule has 2 fully saturated rings. The van der Waals surface area contributed by atoms with Crippen LogP contribution in [0.25, 0.3) is 10.9 Å². The Morgan fingerprint density at radius 3 is 2.66 bits per heavy atom. The van der Waals surface area contributed by atoms with E-state index in [1.807, 2.05) is 24.3 Å². The van der Waals surface area contributed by atoms with E-state index in [2.05, 4.69) is 9.98 Å². The van der Waals surface area contributed by atoms with Gasteiger partial charge in [0, 0.05) is 17.5 Å². The lowest BCUT2D eigenvalue weighted by molar-refractivity contribution is 0.0844. The number of carbonyl (C=O) groups excluding carboxylic acids is 2. The van der Waals surface area contributed by atoms with E-state index < -0.39 is 0 Å². The number of methoxy groups -OCH3 is 3. The summed E-state index contributed by atoms with van der Waals surface area (Å²) in [4.78, 5) is 35.4. The number of aromatic amines is 1. The van der Waals surface area contributed by atoms with Crippen molar-refractivity contribution in [2.24, 2.45) is 10.9 Å². The molecule has 162 valence electrons. The van der Waals surface area contributed by atoms with E-state index >= 15 is 0 Å². The summed E-state index contributed by atoms with van der Waals surface area (Å²) in [5, 5.41) is 0.758. The standard InChI is InChI=1S/C24H21N3O5/c1-30-17-9-12-8-16(25-18(12)20(32-3)19(17)31-2)22(29)27-11-13-10-24(13)15-7-5-4-6-14(15)21(28)26-23(24)27/h4-9,13,25H,10-11H2,1-3H3/t13-,24-/m1/s1. The van der Waals surface area contributed by atoms with Gasteiger partial charge in [-0.3, -0.25) is 14.5 Å². The van der Waals surface area contributed by atoms with Gasteiger partial charge < -0.3 is 19.2 Å². The quantitative estimate of drug-likeness (QED) is 0.685. The molecule has 1 spiro atoms. The number of fused-ring (bicyclic) bond motifs is 2. The highest BCUT2D eigenvalue weighted by Gasteiger charge is 2.68. The van der Waals surface area contributed by atoms with Gasteiger partial charge in [0.15, 0.2) is 11.5 Å². The summed E-state index contributed by atoms with van der Waals surface area (Å²) in [6, 6.07) is 11.2. The highest BCUT2D eigenvalue weighted by atomic mass is 16.5. The number of aromatic nitrogens is 1. The summed E-state index contributed by atoms with van der Waals surface area (Å²) in [6.45, 7) is 0.540. The molecule has 2 aromatic carbocycles. The summed E-state index contributed by atoms with van der Waals surface area (Å²) in [7, 11) is 4.62. The summed E-state index contributed by atoms with van der Waals surface area (Å²) >= 11 is 0. The third-order valence-electron chi connectivity index (χ3n) is 6.90. The van der Waals surface area contributed by atoms with Crippen LogP contribution >= 0.6 is 0 Å². The van der Waals surface area contributed by atoms with Crippen LogP contribution in [0.1, 0.15) is 32.8 Å². The number of nitrogens with zero attached hydrogens (tertiary/aromatic N) is 2.